The lowest BCUT2D eigenvalue weighted by atomic mass is 10.0. The van der Waals surface area contributed by atoms with Gasteiger partial charge in [-0.1, -0.05) is 0 Å². The number of ether oxygens (including phenoxy) is 2. The molecule has 1 heterocycles. The first kappa shape index (κ1) is 14.7. The number of esters is 1. The van der Waals surface area contributed by atoms with Crippen LogP contribution in [0, 0.1) is 5.92 Å². The molecule has 1 N–H and O–H groups in total. The monoisotopic (exact) mass is 237 g/mol. The lowest BCUT2D eigenvalue weighted by molar-refractivity contribution is -0.148. The second kappa shape index (κ2) is 8.95. The highest BCUT2D eigenvalue weighted by Crippen LogP contribution is 2.09. The number of nitrogens with one attached hydrogen (secondary N) is 1. The van der Waals surface area contributed by atoms with E-state index in [2.05, 4.69) is 5.32 Å². The van der Waals surface area contributed by atoms with Crippen LogP contribution in [0.3, 0.4) is 0 Å². The molecule has 0 spiro atoms. The van der Waals surface area contributed by atoms with Crippen molar-refractivity contribution in [1.29, 1.82) is 0 Å². The summed E-state index contributed by atoms with van der Waals surface area (Å²) in [4.78, 5) is 10.9. The molecule has 0 amide bonds. The molecule has 15 heavy (non-hydrogen) atoms. The van der Waals surface area contributed by atoms with Gasteiger partial charge in [0, 0.05) is 6.54 Å². The van der Waals surface area contributed by atoms with E-state index >= 15 is 0 Å². The summed E-state index contributed by atoms with van der Waals surface area (Å²) < 4.78 is 10.0. The highest BCUT2D eigenvalue weighted by Gasteiger charge is 2.13. The molecule has 1 unspecified atom stereocenters. The standard InChI is InChI=1S/C10H19NO3.ClH/c1-2-14-10(12)8-13-7-9-4-3-5-11-6-9;/h9,11H,2-8H2,1H3;1H. The Labute approximate surface area is 97.1 Å². The molecule has 0 aromatic rings. The highest BCUT2D eigenvalue weighted by molar-refractivity contribution is 5.85. The van der Waals surface area contributed by atoms with E-state index in [4.69, 9.17) is 9.47 Å². The molecule has 5 heteroatoms. The van der Waals surface area contributed by atoms with Crippen LogP contribution in [0.2, 0.25) is 0 Å². The van der Waals surface area contributed by atoms with Crippen molar-refractivity contribution in [2.75, 3.05) is 32.9 Å². The maximum atomic E-state index is 10.9. The van der Waals surface area contributed by atoms with Crippen LogP contribution in [0.4, 0.5) is 0 Å². The van der Waals surface area contributed by atoms with E-state index < -0.39 is 0 Å². The molecule has 0 aromatic carbocycles. The van der Waals surface area contributed by atoms with Crippen molar-refractivity contribution in [2.45, 2.75) is 19.8 Å². The van der Waals surface area contributed by atoms with Gasteiger partial charge in [-0.05, 0) is 32.2 Å². The zero-order chi connectivity index (χ0) is 10.2. The molecular formula is C10H20ClNO3. The number of hydrogen-bond donors (Lipinski definition) is 1. The highest BCUT2D eigenvalue weighted by atomic mass is 35.5. The minimum atomic E-state index is -0.267. The zero-order valence-electron chi connectivity index (χ0n) is 9.16. The fourth-order valence-electron chi connectivity index (χ4n) is 1.58. The fourth-order valence-corrected chi connectivity index (χ4v) is 1.58. The van der Waals surface area contributed by atoms with E-state index in [0.717, 1.165) is 13.1 Å². The molecule has 90 valence electrons. The Morgan fingerprint density at radius 2 is 2.33 bits per heavy atom. The molecule has 4 nitrogen and oxygen atoms in total. The molecule has 0 aromatic heterocycles. The molecule has 0 radical (unpaired) electrons. The summed E-state index contributed by atoms with van der Waals surface area (Å²) in [5.41, 5.74) is 0. The van der Waals surface area contributed by atoms with Gasteiger partial charge in [-0.25, -0.2) is 4.79 Å². The van der Waals surface area contributed by atoms with Crippen molar-refractivity contribution in [3.05, 3.63) is 0 Å². The Hall–Kier alpha value is -0.320. The van der Waals surface area contributed by atoms with Gasteiger partial charge >= 0.3 is 5.97 Å². The number of halogens is 1. The summed E-state index contributed by atoms with van der Waals surface area (Å²) in [6.07, 6.45) is 2.39. The average molecular weight is 238 g/mol. The van der Waals surface area contributed by atoms with Crippen molar-refractivity contribution >= 4 is 18.4 Å². The van der Waals surface area contributed by atoms with Gasteiger partial charge in [-0.15, -0.1) is 12.4 Å². The first-order valence-electron chi connectivity index (χ1n) is 5.27. The van der Waals surface area contributed by atoms with E-state index in [1.54, 1.807) is 6.92 Å². The quantitative estimate of drug-likeness (QED) is 0.725. The Kier molecular flexibility index (Phi) is 8.76. The third kappa shape index (κ3) is 6.71. The molecule has 0 bridgehead atoms. The molecule has 0 saturated carbocycles. The summed E-state index contributed by atoms with van der Waals surface area (Å²) in [6, 6.07) is 0. The summed E-state index contributed by atoms with van der Waals surface area (Å²) in [7, 11) is 0. The topological polar surface area (TPSA) is 47.6 Å². The maximum Gasteiger partial charge on any atom is 0.332 e. The number of hydrogen-bond acceptors (Lipinski definition) is 4. The Morgan fingerprint density at radius 1 is 1.53 bits per heavy atom. The Balaban J connectivity index is 0.00000196. The summed E-state index contributed by atoms with van der Waals surface area (Å²) in [5.74, 6) is 0.287. The number of rotatable bonds is 5. The van der Waals surface area contributed by atoms with Crippen LogP contribution in [0.5, 0.6) is 0 Å². The summed E-state index contributed by atoms with van der Waals surface area (Å²) in [6.45, 7) is 5.07. The lowest BCUT2D eigenvalue weighted by Crippen LogP contribution is -2.32. The normalized spacial score (nSPS) is 20.5. The van der Waals surface area contributed by atoms with Gasteiger partial charge in [-0.2, -0.15) is 0 Å². The fraction of sp³-hybridized carbons (Fsp3) is 0.900. The number of carbonyl (C=O) groups excluding carboxylic acids is 1. The van der Waals surface area contributed by atoms with Gasteiger partial charge in [0.15, 0.2) is 0 Å². The first-order chi connectivity index (χ1) is 6.83. The molecular weight excluding hydrogens is 218 g/mol. The van der Waals surface area contributed by atoms with Crippen molar-refractivity contribution in [3.8, 4) is 0 Å². The van der Waals surface area contributed by atoms with Crippen molar-refractivity contribution in [2.24, 2.45) is 5.92 Å². The van der Waals surface area contributed by atoms with Crippen molar-refractivity contribution in [1.82, 2.24) is 5.32 Å². The van der Waals surface area contributed by atoms with E-state index in [-0.39, 0.29) is 25.0 Å². The molecule has 1 atom stereocenters. The molecule has 1 aliphatic rings. The molecule has 1 saturated heterocycles. The second-order valence-electron chi connectivity index (χ2n) is 3.53. The van der Waals surface area contributed by atoms with Crippen LogP contribution in [0.1, 0.15) is 19.8 Å². The van der Waals surface area contributed by atoms with Crippen LogP contribution in [-0.2, 0) is 14.3 Å². The van der Waals surface area contributed by atoms with Crippen molar-refractivity contribution in [3.63, 3.8) is 0 Å². The van der Waals surface area contributed by atoms with Crippen LogP contribution >= 0.6 is 12.4 Å². The SMILES string of the molecule is CCOC(=O)COCC1CCCNC1.Cl. The average Bonchev–Trinajstić information content (AvgIpc) is 2.20. The van der Waals surface area contributed by atoms with Crippen molar-refractivity contribution < 1.29 is 14.3 Å². The molecule has 0 aliphatic carbocycles. The van der Waals surface area contributed by atoms with Crippen LogP contribution in [-0.4, -0.2) is 38.9 Å². The van der Waals surface area contributed by atoms with Gasteiger partial charge in [-0.3, -0.25) is 0 Å². The van der Waals surface area contributed by atoms with Gasteiger partial charge in [0.25, 0.3) is 0 Å². The number of carbonyl (C=O) groups is 1. The molecule has 1 fully saturated rings. The minimum absolute atomic E-state index is 0. The van der Waals surface area contributed by atoms with E-state index in [1.807, 2.05) is 0 Å². The van der Waals surface area contributed by atoms with Gasteiger partial charge in [0.05, 0.1) is 13.2 Å². The van der Waals surface area contributed by atoms with E-state index in [1.165, 1.54) is 12.8 Å². The minimum Gasteiger partial charge on any atom is -0.464 e. The van der Waals surface area contributed by atoms with Crippen LogP contribution in [0.15, 0.2) is 0 Å². The zero-order valence-corrected chi connectivity index (χ0v) is 9.98. The van der Waals surface area contributed by atoms with Gasteiger partial charge in [0.1, 0.15) is 6.61 Å². The van der Waals surface area contributed by atoms with Crippen LogP contribution < -0.4 is 5.32 Å². The molecule has 1 rings (SSSR count). The lowest BCUT2D eigenvalue weighted by Gasteiger charge is -2.22. The third-order valence-corrected chi connectivity index (χ3v) is 2.28. The Morgan fingerprint density at radius 3 is 2.93 bits per heavy atom. The largest absolute Gasteiger partial charge is 0.464 e. The summed E-state index contributed by atoms with van der Waals surface area (Å²) in [5, 5.41) is 3.30. The smallest absolute Gasteiger partial charge is 0.332 e. The second-order valence-corrected chi connectivity index (χ2v) is 3.53. The third-order valence-electron chi connectivity index (χ3n) is 2.28. The maximum absolute atomic E-state index is 10.9. The molecule has 1 aliphatic heterocycles. The first-order valence-corrected chi connectivity index (χ1v) is 5.27. The number of piperidine rings is 1. The van der Waals surface area contributed by atoms with E-state index in [9.17, 15) is 4.79 Å². The van der Waals surface area contributed by atoms with Gasteiger partial charge in [0.2, 0.25) is 0 Å². The Bertz CT molecular complexity index is 172. The predicted molar refractivity (Wildman–Crippen MR) is 60.3 cm³/mol. The predicted octanol–water partition coefficient (Wildman–Crippen LogP) is 0.987. The van der Waals surface area contributed by atoms with Gasteiger partial charge < -0.3 is 14.8 Å². The van der Waals surface area contributed by atoms with E-state index in [0.29, 0.717) is 19.1 Å². The summed E-state index contributed by atoms with van der Waals surface area (Å²) >= 11 is 0. The van der Waals surface area contributed by atoms with Crippen LogP contribution in [0.25, 0.3) is 0 Å².